The molecule has 2 heterocycles. The Morgan fingerprint density at radius 3 is 3.13 bits per heavy atom. The maximum atomic E-state index is 11.0. The summed E-state index contributed by atoms with van der Waals surface area (Å²) < 4.78 is 2.49. The molecule has 0 bridgehead atoms. The quantitative estimate of drug-likeness (QED) is 0.808. The predicted molar refractivity (Wildman–Crippen MR) is 66.0 cm³/mol. The molecular weight excluding hydrogens is 228 g/mol. The van der Waals surface area contributed by atoms with Gasteiger partial charge in [-0.3, -0.25) is 9.78 Å². The number of aromatic nitrogens is 2. The lowest BCUT2D eigenvalue weighted by molar-refractivity contribution is 0.570. The van der Waals surface area contributed by atoms with E-state index in [4.69, 9.17) is 12.2 Å². The minimum atomic E-state index is -0.118. The Labute approximate surface area is 97.9 Å². The molecule has 1 fully saturated rings. The van der Waals surface area contributed by atoms with Crippen molar-refractivity contribution in [3.63, 3.8) is 0 Å². The first kappa shape index (κ1) is 11.0. The zero-order chi connectivity index (χ0) is 10.7. The van der Waals surface area contributed by atoms with Crippen LogP contribution in [-0.4, -0.2) is 20.6 Å². The summed E-state index contributed by atoms with van der Waals surface area (Å²) in [5, 5.41) is 0.649. The molecule has 1 N–H and O–H groups in total. The Balaban J connectivity index is 2.09. The van der Waals surface area contributed by atoms with E-state index in [1.54, 1.807) is 6.20 Å². The van der Waals surface area contributed by atoms with Crippen LogP contribution in [0.2, 0.25) is 0 Å². The summed E-state index contributed by atoms with van der Waals surface area (Å²) in [4.78, 5) is 13.6. The topological polar surface area (TPSA) is 37.8 Å². The lowest BCUT2D eigenvalue weighted by Crippen LogP contribution is -2.20. The summed E-state index contributed by atoms with van der Waals surface area (Å²) >= 11 is 7.12. The molecule has 1 aromatic heterocycles. The molecule has 0 saturated carbocycles. The van der Waals surface area contributed by atoms with Crippen LogP contribution < -0.4 is 5.56 Å². The van der Waals surface area contributed by atoms with E-state index in [0.717, 1.165) is 6.54 Å². The first-order valence-corrected chi connectivity index (χ1v) is 6.63. The minimum Gasteiger partial charge on any atom is -0.324 e. The molecule has 1 atom stereocenters. The molecule has 3 nitrogen and oxygen atoms in total. The highest BCUT2D eigenvalue weighted by molar-refractivity contribution is 7.99. The van der Waals surface area contributed by atoms with Crippen molar-refractivity contribution in [3.8, 4) is 0 Å². The second-order valence-electron chi connectivity index (χ2n) is 3.75. The molecule has 0 amide bonds. The van der Waals surface area contributed by atoms with Gasteiger partial charge in [0.2, 0.25) is 0 Å². The summed E-state index contributed by atoms with van der Waals surface area (Å²) in [6.45, 7) is 0.917. The molecule has 0 radical (unpaired) electrons. The second kappa shape index (κ2) is 4.99. The Bertz CT molecular complexity index is 432. The first-order chi connectivity index (χ1) is 7.25. The number of hydrogen-bond acceptors (Lipinski definition) is 3. The summed E-state index contributed by atoms with van der Waals surface area (Å²) in [5.74, 6) is 1.25. The van der Waals surface area contributed by atoms with E-state index in [2.05, 4.69) is 4.98 Å². The fourth-order valence-electron chi connectivity index (χ4n) is 1.76. The molecule has 1 aliphatic heterocycles. The van der Waals surface area contributed by atoms with Crippen LogP contribution in [0.4, 0.5) is 0 Å². The van der Waals surface area contributed by atoms with Crippen molar-refractivity contribution in [2.24, 2.45) is 0 Å². The molecule has 0 aliphatic carbocycles. The molecule has 0 aromatic carbocycles. The van der Waals surface area contributed by atoms with Gasteiger partial charge in [0.05, 0.1) is 0 Å². The smallest absolute Gasteiger partial charge is 0.251 e. The van der Waals surface area contributed by atoms with Crippen LogP contribution in [0.3, 0.4) is 0 Å². The third kappa shape index (κ3) is 2.95. The van der Waals surface area contributed by atoms with Gasteiger partial charge in [-0.25, -0.2) is 0 Å². The predicted octanol–water partition coefficient (Wildman–Crippen LogP) is 2.19. The molecule has 2 rings (SSSR count). The van der Waals surface area contributed by atoms with Gasteiger partial charge in [-0.05, 0) is 30.8 Å². The van der Waals surface area contributed by atoms with Gasteiger partial charge >= 0.3 is 0 Å². The molecule has 82 valence electrons. The van der Waals surface area contributed by atoms with Crippen molar-refractivity contribution >= 4 is 24.0 Å². The van der Waals surface area contributed by atoms with E-state index in [1.807, 2.05) is 16.3 Å². The number of nitrogens with one attached hydrogen (secondary N) is 1. The van der Waals surface area contributed by atoms with Gasteiger partial charge in [-0.2, -0.15) is 11.8 Å². The van der Waals surface area contributed by atoms with E-state index in [-0.39, 0.29) is 5.56 Å². The van der Waals surface area contributed by atoms with Crippen molar-refractivity contribution < 1.29 is 0 Å². The zero-order valence-electron chi connectivity index (χ0n) is 8.44. The normalized spacial score (nSPS) is 21.5. The Morgan fingerprint density at radius 1 is 1.60 bits per heavy atom. The summed E-state index contributed by atoms with van der Waals surface area (Å²) in [5.41, 5.74) is -0.118. The van der Waals surface area contributed by atoms with Crippen LogP contribution >= 0.6 is 24.0 Å². The Morgan fingerprint density at radius 2 is 2.47 bits per heavy atom. The minimum absolute atomic E-state index is 0.118. The summed E-state index contributed by atoms with van der Waals surface area (Å²) in [6.07, 6.45) is 5.69. The number of aromatic amines is 1. The van der Waals surface area contributed by atoms with Crippen LogP contribution in [0, 0.1) is 4.77 Å². The van der Waals surface area contributed by atoms with E-state index < -0.39 is 0 Å². The average Bonchev–Trinajstić information content (AvgIpc) is 2.24. The molecule has 15 heavy (non-hydrogen) atoms. The van der Waals surface area contributed by atoms with Crippen molar-refractivity contribution in [1.29, 1.82) is 0 Å². The van der Waals surface area contributed by atoms with Gasteiger partial charge in [0.15, 0.2) is 4.77 Å². The third-order valence-corrected chi connectivity index (χ3v) is 4.29. The highest BCUT2D eigenvalue weighted by atomic mass is 32.2. The molecular formula is C10H14N2OS2. The lowest BCUT2D eigenvalue weighted by Gasteiger charge is -2.22. The van der Waals surface area contributed by atoms with E-state index in [0.29, 0.717) is 10.0 Å². The van der Waals surface area contributed by atoms with Gasteiger partial charge in [-0.1, -0.05) is 6.42 Å². The maximum absolute atomic E-state index is 11.0. The molecule has 1 unspecified atom stereocenters. The van der Waals surface area contributed by atoms with Crippen LogP contribution in [0.15, 0.2) is 17.1 Å². The van der Waals surface area contributed by atoms with Crippen molar-refractivity contribution in [2.45, 2.75) is 31.1 Å². The number of H-pyrrole nitrogens is 1. The highest BCUT2D eigenvalue weighted by Crippen LogP contribution is 2.26. The summed E-state index contributed by atoms with van der Waals surface area (Å²) in [7, 11) is 0. The summed E-state index contributed by atoms with van der Waals surface area (Å²) in [6, 6.07) is 1.53. The van der Waals surface area contributed by atoms with Gasteiger partial charge in [0.25, 0.3) is 5.56 Å². The fourth-order valence-corrected chi connectivity index (χ4v) is 3.30. The lowest BCUT2D eigenvalue weighted by atomic mass is 10.2. The van der Waals surface area contributed by atoms with Gasteiger partial charge < -0.3 is 4.57 Å². The zero-order valence-corrected chi connectivity index (χ0v) is 10.1. The van der Waals surface area contributed by atoms with Crippen LogP contribution in [0.25, 0.3) is 0 Å². The van der Waals surface area contributed by atoms with Gasteiger partial charge in [-0.15, -0.1) is 0 Å². The first-order valence-electron chi connectivity index (χ1n) is 5.17. The molecule has 1 saturated heterocycles. The SMILES string of the molecule is O=c1ccn(CC2CCCCS2)c(=S)[nH]1. The Kier molecular flexibility index (Phi) is 3.64. The van der Waals surface area contributed by atoms with E-state index in [1.165, 1.54) is 31.1 Å². The second-order valence-corrected chi connectivity index (χ2v) is 5.55. The van der Waals surface area contributed by atoms with E-state index in [9.17, 15) is 4.79 Å². The van der Waals surface area contributed by atoms with Gasteiger partial charge in [0, 0.05) is 24.1 Å². The number of hydrogen-bond donors (Lipinski definition) is 1. The molecule has 1 aromatic rings. The van der Waals surface area contributed by atoms with Crippen molar-refractivity contribution in [1.82, 2.24) is 9.55 Å². The maximum Gasteiger partial charge on any atom is 0.251 e. The van der Waals surface area contributed by atoms with Crippen molar-refractivity contribution in [3.05, 3.63) is 27.4 Å². The largest absolute Gasteiger partial charge is 0.324 e. The van der Waals surface area contributed by atoms with Crippen LogP contribution in [-0.2, 0) is 6.54 Å². The standard InChI is InChI=1S/C10H14N2OS2/c13-9-4-5-12(10(14)11-9)7-8-3-1-2-6-15-8/h4-5,8H,1-3,6-7H2,(H,11,13,14). The third-order valence-electron chi connectivity index (χ3n) is 2.57. The number of thioether (sulfide) groups is 1. The highest BCUT2D eigenvalue weighted by Gasteiger charge is 2.14. The van der Waals surface area contributed by atoms with Crippen LogP contribution in [0.5, 0.6) is 0 Å². The Hall–Kier alpha value is -0.550. The molecule has 5 heteroatoms. The monoisotopic (exact) mass is 242 g/mol. The van der Waals surface area contributed by atoms with Crippen LogP contribution in [0.1, 0.15) is 19.3 Å². The number of rotatable bonds is 2. The molecule has 1 aliphatic rings. The van der Waals surface area contributed by atoms with E-state index >= 15 is 0 Å². The average molecular weight is 242 g/mol. The van der Waals surface area contributed by atoms with Gasteiger partial charge in [0.1, 0.15) is 0 Å². The number of nitrogens with zero attached hydrogens (tertiary/aromatic N) is 1. The molecule has 0 spiro atoms. The fraction of sp³-hybridized carbons (Fsp3) is 0.600. The van der Waals surface area contributed by atoms with Crippen molar-refractivity contribution in [2.75, 3.05) is 5.75 Å².